The highest BCUT2D eigenvalue weighted by molar-refractivity contribution is 9.08. The fourth-order valence-corrected chi connectivity index (χ4v) is 2.07. The quantitative estimate of drug-likeness (QED) is 0.789. The summed E-state index contributed by atoms with van der Waals surface area (Å²) in [6.07, 6.45) is 0. The average molecular weight is 328 g/mol. The molecule has 0 unspecified atom stereocenters. The summed E-state index contributed by atoms with van der Waals surface area (Å²) in [5.41, 5.74) is 1.48. The van der Waals surface area contributed by atoms with Gasteiger partial charge in [0.15, 0.2) is 11.5 Å². The number of hydrogen-bond donors (Lipinski definition) is 0. The van der Waals surface area contributed by atoms with Crippen molar-refractivity contribution >= 4 is 15.9 Å². The Bertz CT molecular complexity index is 568. The zero-order valence-corrected chi connectivity index (χ0v) is 12.5. The van der Waals surface area contributed by atoms with Crippen LogP contribution in [0.15, 0.2) is 22.7 Å². The molecule has 0 amide bonds. The molecule has 19 heavy (non-hydrogen) atoms. The highest BCUT2D eigenvalue weighted by Crippen LogP contribution is 2.43. The van der Waals surface area contributed by atoms with E-state index in [0.29, 0.717) is 28.3 Å². The van der Waals surface area contributed by atoms with Gasteiger partial charge in [0.1, 0.15) is 11.5 Å². The van der Waals surface area contributed by atoms with Crippen molar-refractivity contribution in [3.63, 3.8) is 0 Å². The molecule has 5 nitrogen and oxygen atoms in total. The number of alkyl halides is 1. The van der Waals surface area contributed by atoms with Crippen LogP contribution in [0.3, 0.4) is 0 Å². The fraction of sp³-hybridized carbons (Fsp3) is 0.308. The van der Waals surface area contributed by atoms with E-state index in [2.05, 4.69) is 21.1 Å². The molecule has 0 saturated heterocycles. The Kier molecular flexibility index (Phi) is 4.31. The van der Waals surface area contributed by atoms with E-state index in [4.69, 9.17) is 18.7 Å². The van der Waals surface area contributed by atoms with Crippen molar-refractivity contribution in [2.75, 3.05) is 21.3 Å². The van der Waals surface area contributed by atoms with Crippen LogP contribution in [-0.4, -0.2) is 26.5 Å². The van der Waals surface area contributed by atoms with E-state index < -0.39 is 0 Å². The minimum Gasteiger partial charge on any atom is -0.493 e. The Morgan fingerprint density at radius 1 is 1.11 bits per heavy atom. The monoisotopic (exact) mass is 327 g/mol. The Morgan fingerprint density at radius 2 is 1.84 bits per heavy atom. The lowest BCUT2D eigenvalue weighted by atomic mass is 10.1. The molecule has 2 rings (SSSR count). The van der Waals surface area contributed by atoms with Gasteiger partial charge in [-0.1, -0.05) is 21.1 Å². The first kappa shape index (κ1) is 13.7. The molecule has 1 aromatic carbocycles. The van der Waals surface area contributed by atoms with Gasteiger partial charge in [-0.25, -0.2) is 0 Å². The molecule has 0 saturated carbocycles. The molecule has 0 N–H and O–H groups in total. The molecule has 1 heterocycles. The third-order valence-electron chi connectivity index (χ3n) is 2.67. The Labute approximate surface area is 119 Å². The minimum atomic E-state index is 0.533. The van der Waals surface area contributed by atoms with E-state index >= 15 is 0 Å². The van der Waals surface area contributed by atoms with Gasteiger partial charge in [0, 0.05) is 11.6 Å². The normalized spacial score (nSPS) is 10.3. The lowest BCUT2D eigenvalue weighted by Gasteiger charge is -2.14. The van der Waals surface area contributed by atoms with Crippen LogP contribution in [-0.2, 0) is 5.33 Å². The molecule has 2 aromatic rings. The van der Waals surface area contributed by atoms with Gasteiger partial charge in [-0.15, -0.1) is 0 Å². The number of aromatic nitrogens is 1. The number of halogens is 1. The van der Waals surface area contributed by atoms with E-state index in [1.807, 2.05) is 12.1 Å². The van der Waals surface area contributed by atoms with Gasteiger partial charge in [0.25, 0.3) is 0 Å². The molecule has 0 radical (unpaired) electrons. The summed E-state index contributed by atoms with van der Waals surface area (Å²) in [4.78, 5) is 0. The molecule has 0 atom stereocenters. The Morgan fingerprint density at radius 3 is 2.37 bits per heavy atom. The molecule has 0 aliphatic rings. The van der Waals surface area contributed by atoms with Crippen LogP contribution in [0.1, 0.15) is 5.76 Å². The predicted octanol–water partition coefficient (Wildman–Crippen LogP) is 3.26. The van der Waals surface area contributed by atoms with Gasteiger partial charge in [-0.2, -0.15) is 0 Å². The third kappa shape index (κ3) is 2.53. The summed E-state index contributed by atoms with van der Waals surface area (Å²) < 4.78 is 21.2. The highest BCUT2D eigenvalue weighted by atomic mass is 79.9. The Balaban J connectivity index is 2.56. The van der Waals surface area contributed by atoms with Crippen LogP contribution in [0.2, 0.25) is 0 Å². The molecule has 0 fully saturated rings. The molecule has 0 spiro atoms. The first-order chi connectivity index (χ1) is 9.24. The van der Waals surface area contributed by atoms with Crippen molar-refractivity contribution in [2.24, 2.45) is 0 Å². The summed E-state index contributed by atoms with van der Waals surface area (Å²) in [5.74, 6) is 2.45. The topological polar surface area (TPSA) is 53.7 Å². The van der Waals surface area contributed by atoms with Crippen LogP contribution in [0.5, 0.6) is 17.2 Å². The van der Waals surface area contributed by atoms with E-state index in [1.54, 1.807) is 27.4 Å². The molecule has 0 aliphatic carbocycles. The molecule has 0 aliphatic heterocycles. The van der Waals surface area contributed by atoms with E-state index in [9.17, 15) is 0 Å². The summed E-state index contributed by atoms with van der Waals surface area (Å²) in [6.45, 7) is 0. The molecular weight excluding hydrogens is 314 g/mol. The van der Waals surface area contributed by atoms with Gasteiger partial charge in [0.05, 0.1) is 26.7 Å². The fourth-order valence-electron chi connectivity index (χ4n) is 1.81. The average Bonchev–Trinajstić information content (AvgIpc) is 2.94. The second kappa shape index (κ2) is 5.97. The molecule has 1 aromatic heterocycles. The van der Waals surface area contributed by atoms with Crippen molar-refractivity contribution < 1.29 is 18.7 Å². The lowest BCUT2D eigenvalue weighted by Crippen LogP contribution is -1.96. The smallest absolute Gasteiger partial charge is 0.203 e. The SMILES string of the molecule is COc1ccc(-c2cc(CBr)on2)c(OC)c1OC. The number of nitrogens with zero attached hydrogens (tertiary/aromatic N) is 1. The van der Waals surface area contributed by atoms with Crippen LogP contribution in [0.4, 0.5) is 0 Å². The zero-order chi connectivity index (χ0) is 13.8. The molecule has 0 bridgehead atoms. The van der Waals surface area contributed by atoms with Gasteiger partial charge in [-0.3, -0.25) is 0 Å². The minimum absolute atomic E-state index is 0.533. The van der Waals surface area contributed by atoms with E-state index in [1.165, 1.54) is 0 Å². The first-order valence-electron chi connectivity index (χ1n) is 5.56. The first-order valence-corrected chi connectivity index (χ1v) is 6.68. The number of ether oxygens (including phenoxy) is 3. The number of hydrogen-bond acceptors (Lipinski definition) is 5. The van der Waals surface area contributed by atoms with E-state index in [-0.39, 0.29) is 0 Å². The summed E-state index contributed by atoms with van der Waals surface area (Å²) in [7, 11) is 4.72. The predicted molar refractivity (Wildman–Crippen MR) is 74.2 cm³/mol. The van der Waals surface area contributed by atoms with Crippen LogP contribution in [0, 0.1) is 0 Å². The van der Waals surface area contributed by atoms with Gasteiger partial charge in [-0.05, 0) is 12.1 Å². The molecule has 6 heteroatoms. The molecule has 102 valence electrons. The maximum atomic E-state index is 5.41. The van der Waals surface area contributed by atoms with Crippen LogP contribution in [0.25, 0.3) is 11.3 Å². The maximum Gasteiger partial charge on any atom is 0.203 e. The number of benzene rings is 1. The van der Waals surface area contributed by atoms with Crippen molar-refractivity contribution in [3.8, 4) is 28.5 Å². The largest absolute Gasteiger partial charge is 0.493 e. The standard InChI is InChI=1S/C13H14BrNO4/c1-16-11-5-4-9(12(17-2)13(11)18-3)10-6-8(7-14)19-15-10/h4-6H,7H2,1-3H3. The second-order valence-electron chi connectivity index (χ2n) is 3.69. The summed E-state index contributed by atoms with van der Waals surface area (Å²) >= 11 is 3.32. The van der Waals surface area contributed by atoms with Crippen molar-refractivity contribution in [1.82, 2.24) is 5.16 Å². The van der Waals surface area contributed by atoms with Gasteiger partial charge >= 0.3 is 0 Å². The summed E-state index contributed by atoms with van der Waals surface area (Å²) in [6, 6.07) is 5.51. The maximum absolute atomic E-state index is 5.41. The number of methoxy groups -OCH3 is 3. The zero-order valence-electron chi connectivity index (χ0n) is 10.9. The second-order valence-corrected chi connectivity index (χ2v) is 4.25. The van der Waals surface area contributed by atoms with Crippen molar-refractivity contribution in [1.29, 1.82) is 0 Å². The van der Waals surface area contributed by atoms with Crippen LogP contribution >= 0.6 is 15.9 Å². The third-order valence-corrected chi connectivity index (χ3v) is 3.22. The van der Waals surface area contributed by atoms with Gasteiger partial charge < -0.3 is 18.7 Å². The van der Waals surface area contributed by atoms with Crippen molar-refractivity contribution in [3.05, 3.63) is 24.0 Å². The highest BCUT2D eigenvalue weighted by Gasteiger charge is 2.19. The lowest BCUT2D eigenvalue weighted by molar-refractivity contribution is 0.325. The van der Waals surface area contributed by atoms with Gasteiger partial charge in [0.2, 0.25) is 5.75 Å². The molecular formula is C13H14BrNO4. The van der Waals surface area contributed by atoms with E-state index in [0.717, 1.165) is 11.3 Å². The number of rotatable bonds is 5. The van der Waals surface area contributed by atoms with Crippen molar-refractivity contribution in [2.45, 2.75) is 5.33 Å². The summed E-state index contributed by atoms with van der Waals surface area (Å²) in [5, 5.41) is 4.62. The Hall–Kier alpha value is -1.69. The van der Waals surface area contributed by atoms with Crippen LogP contribution < -0.4 is 14.2 Å².